The molecule has 286 valence electrons. The molecule has 50 heavy (non-hydrogen) atoms. The summed E-state index contributed by atoms with van der Waals surface area (Å²) in [6.07, 6.45) is 19.7. The van der Waals surface area contributed by atoms with Gasteiger partial charge in [0, 0.05) is 24.5 Å². The topological polar surface area (TPSA) is 107 Å². The Bertz CT molecular complexity index is 1210. The first-order chi connectivity index (χ1) is 23.7. The number of nitrogens with one attached hydrogen (secondary N) is 1. The molecule has 5 saturated carbocycles. The van der Waals surface area contributed by atoms with Gasteiger partial charge in [-0.25, -0.2) is 0 Å². The first-order valence-electron chi connectivity index (χ1n) is 20.7. The average Bonchev–Trinajstić information content (AvgIpc) is 3.47. The zero-order valence-electron chi connectivity index (χ0n) is 32.5. The Labute approximate surface area is 309 Å². The summed E-state index contributed by atoms with van der Waals surface area (Å²) in [5, 5.41) is 32.9. The van der Waals surface area contributed by atoms with Crippen LogP contribution in [-0.4, -0.2) is 58.0 Å². The van der Waals surface area contributed by atoms with Gasteiger partial charge in [-0.1, -0.05) is 85.3 Å². The van der Waals surface area contributed by atoms with E-state index in [4.69, 9.17) is 5.11 Å². The molecular weight excluding hydrogens is 643 g/mol. The Hall–Kier alpha value is -1.05. The minimum absolute atomic E-state index is 0.0459. The van der Waals surface area contributed by atoms with E-state index in [0.717, 1.165) is 95.1 Å². The second-order valence-corrected chi connectivity index (χ2v) is 20.1. The molecule has 1 amide bonds. The van der Waals surface area contributed by atoms with Crippen LogP contribution in [0.15, 0.2) is 12.2 Å². The summed E-state index contributed by atoms with van der Waals surface area (Å²) in [6.45, 7) is 18.2. The van der Waals surface area contributed by atoms with E-state index < -0.39 is 5.97 Å². The van der Waals surface area contributed by atoms with E-state index in [2.05, 4.69) is 46.5 Å². The number of amides is 1. The minimum Gasteiger partial charge on any atom is -0.481 e. The van der Waals surface area contributed by atoms with Crippen molar-refractivity contribution >= 4 is 23.6 Å². The highest BCUT2D eigenvalue weighted by Crippen LogP contribution is 2.77. The van der Waals surface area contributed by atoms with Crippen LogP contribution in [0.3, 0.4) is 0 Å². The van der Waals surface area contributed by atoms with Gasteiger partial charge in [0.15, 0.2) is 0 Å². The Morgan fingerprint density at radius 1 is 0.780 bits per heavy atom. The Balaban J connectivity index is 1.28. The fourth-order valence-electron chi connectivity index (χ4n) is 13.6. The summed E-state index contributed by atoms with van der Waals surface area (Å²) in [4.78, 5) is 25.3. The standard InChI is InChI=1S/C43H73NO5S/c1-30(29-50-28-27-45)31-18-23-43(38(49)44-26-14-12-10-8-7-9-11-13-15-36(47)48)25-24-41(5)32(37(31)43)16-17-34-40(4)21-20-35(46)39(2,3)33(40)19-22-42(34,41)6/h31-35,37,45-46H,1,7-29H2,2-6H3,(H,44,49)(H,47,48)/t31-,32+,33-,34+,35-,37+,40-,41+,42+,43-/m0/s1. The van der Waals surface area contributed by atoms with Gasteiger partial charge in [-0.05, 0) is 128 Å². The third kappa shape index (κ3) is 7.25. The maximum atomic E-state index is 14.6. The molecule has 0 aliphatic heterocycles. The maximum absolute atomic E-state index is 14.6. The normalized spacial score (nSPS) is 40.2. The first kappa shape index (κ1) is 40.1. The molecule has 0 bridgehead atoms. The van der Waals surface area contributed by atoms with Crippen LogP contribution < -0.4 is 5.32 Å². The van der Waals surface area contributed by atoms with Gasteiger partial charge in [0.25, 0.3) is 0 Å². The Morgan fingerprint density at radius 2 is 1.46 bits per heavy atom. The van der Waals surface area contributed by atoms with Gasteiger partial charge in [-0.2, -0.15) is 11.8 Å². The van der Waals surface area contributed by atoms with Crippen molar-refractivity contribution in [2.24, 2.45) is 56.7 Å². The lowest BCUT2D eigenvalue weighted by Crippen LogP contribution is -2.67. The highest BCUT2D eigenvalue weighted by molar-refractivity contribution is 7.99. The summed E-state index contributed by atoms with van der Waals surface area (Å²) >= 11 is 1.79. The van der Waals surface area contributed by atoms with Crippen molar-refractivity contribution in [2.45, 2.75) is 163 Å². The van der Waals surface area contributed by atoms with E-state index in [1.165, 1.54) is 44.1 Å². The number of hydrogen-bond donors (Lipinski definition) is 4. The molecule has 0 saturated heterocycles. The van der Waals surface area contributed by atoms with Crippen LogP contribution >= 0.6 is 11.8 Å². The second-order valence-electron chi connectivity index (χ2n) is 19.0. The summed E-state index contributed by atoms with van der Waals surface area (Å²) in [5.41, 5.74) is 1.58. The lowest BCUT2D eigenvalue weighted by Gasteiger charge is -2.72. The fraction of sp³-hybridized carbons (Fsp3) is 0.907. The number of unbranched alkanes of at least 4 members (excludes halogenated alkanes) is 7. The summed E-state index contributed by atoms with van der Waals surface area (Å²) in [6, 6.07) is 0. The molecule has 5 aliphatic carbocycles. The predicted octanol–water partition coefficient (Wildman–Crippen LogP) is 9.42. The lowest BCUT2D eigenvalue weighted by molar-refractivity contribution is -0.246. The molecule has 10 atom stereocenters. The third-order valence-electron chi connectivity index (χ3n) is 16.5. The van der Waals surface area contributed by atoms with Crippen molar-refractivity contribution < 1.29 is 24.9 Å². The largest absolute Gasteiger partial charge is 0.481 e. The maximum Gasteiger partial charge on any atom is 0.303 e. The van der Waals surface area contributed by atoms with Crippen molar-refractivity contribution in [3.05, 3.63) is 12.2 Å². The van der Waals surface area contributed by atoms with Crippen LogP contribution in [0, 0.1) is 56.7 Å². The number of aliphatic hydroxyl groups is 2. The molecule has 0 aromatic carbocycles. The molecule has 0 radical (unpaired) electrons. The molecule has 5 rings (SSSR count). The lowest BCUT2D eigenvalue weighted by atomic mass is 9.32. The van der Waals surface area contributed by atoms with Crippen LogP contribution in [0.4, 0.5) is 0 Å². The van der Waals surface area contributed by atoms with Crippen LogP contribution in [-0.2, 0) is 9.59 Å². The van der Waals surface area contributed by atoms with Crippen LogP contribution in [0.2, 0.25) is 0 Å². The molecule has 4 N–H and O–H groups in total. The number of carboxylic acids is 1. The average molecular weight is 716 g/mol. The SMILES string of the molecule is C=C(CSCCO)[C@@H]1CC[C@]2(C(=O)NCCCCCCCCCCC(=O)O)CC[C@]3(C)[C@H](CC[C@@H]4[C@@]5(C)CC[C@H](O)C(C)(C)[C@@H]5CC[C@]43C)[C@@H]12. The zero-order chi connectivity index (χ0) is 36.4. The summed E-state index contributed by atoms with van der Waals surface area (Å²) in [5.74, 6) is 3.63. The molecule has 0 aromatic rings. The number of carboxylic acid groups (broad SMARTS) is 1. The molecule has 0 unspecified atom stereocenters. The van der Waals surface area contributed by atoms with Gasteiger partial charge in [0.1, 0.15) is 0 Å². The highest BCUT2D eigenvalue weighted by atomic mass is 32.2. The summed E-state index contributed by atoms with van der Waals surface area (Å²) in [7, 11) is 0. The van der Waals surface area contributed by atoms with Crippen LogP contribution in [0.5, 0.6) is 0 Å². The number of carbonyl (C=O) groups excluding carboxylic acids is 1. The van der Waals surface area contributed by atoms with Crippen molar-refractivity contribution in [1.82, 2.24) is 5.32 Å². The number of hydrogen-bond acceptors (Lipinski definition) is 5. The predicted molar refractivity (Wildman–Crippen MR) is 206 cm³/mol. The number of thioether (sulfide) groups is 1. The Morgan fingerprint density at radius 3 is 2.14 bits per heavy atom. The molecule has 0 spiro atoms. The molecule has 5 fully saturated rings. The van der Waals surface area contributed by atoms with E-state index in [-0.39, 0.29) is 46.2 Å². The molecule has 0 aromatic heterocycles. The molecule has 0 heterocycles. The quantitative estimate of drug-likeness (QED) is 0.0884. The highest BCUT2D eigenvalue weighted by Gasteiger charge is 2.71. The van der Waals surface area contributed by atoms with Gasteiger partial charge in [0.2, 0.25) is 5.91 Å². The number of aliphatic carboxylic acids is 1. The van der Waals surface area contributed by atoms with Crippen molar-refractivity contribution in [1.29, 1.82) is 0 Å². The van der Waals surface area contributed by atoms with Crippen molar-refractivity contribution in [3.63, 3.8) is 0 Å². The second kappa shape index (κ2) is 16.1. The summed E-state index contributed by atoms with van der Waals surface area (Å²) < 4.78 is 0. The number of fused-ring (bicyclic) bond motifs is 7. The van der Waals surface area contributed by atoms with Crippen molar-refractivity contribution in [3.8, 4) is 0 Å². The molecule has 5 aliphatic rings. The van der Waals surface area contributed by atoms with Crippen LogP contribution in [0.25, 0.3) is 0 Å². The van der Waals surface area contributed by atoms with Gasteiger partial charge in [0.05, 0.1) is 18.1 Å². The van der Waals surface area contributed by atoms with E-state index in [1.54, 1.807) is 11.8 Å². The van der Waals surface area contributed by atoms with E-state index in [9.17, 15) is 19.8 Å². The number of carbonyl (C=O) groups is 2. The molecule has 6 nitrogen and oxygen atoms in total. The molecule has 7 heteroatoms. The number of rotatable bonds is 17. The Kier molecular flexibility index (Phi) is 12.9. The van der Waals surface area contributed by atoms with Gasteiger partial charge < -0.3 is 20.6 Å². The van der Waals surface area contributed by atoms with E-state index in [1.807, 2.05) is 0 Å². The first-order valence-corrected chi connectivity index (χ1v) is 21.9. The van der Waals surface area contributed by atoms with Crippen molar-refractivity contribution in [2.75, 3.05) is 24.7 Å². The van der Waals surface area contributed by atoms with Crippen LogP contribution in [0.1, 0.15) is 157 Å². The molecular formula is C43H73NO5S. The third-order valence-corrected chi connectivity index (χ3v) is 17.6. The van der Waals surface area contributed by atoms with Gasteiger partial charge >= 0.3 is 5.97 Å². The van der Waals surface area contributed by atoms with E-state index >= 15 is 0 Å². The zero-order valence-corrected chi connectivity index (χ0v) is 33.3. The smallest absolute Gasteiger partial charge is 0.303 e. The van der Waals surface area contributed by atoms with E-state index in [0.29, 0.717) is 35.5 Å². The fourth-order valence-corrected chi connectivity index (χ4v) is 14.4. The van der Waals surface area contributed by atoms with Gasteiger partial charge in [-0.15, -0.1) is 0 Å². The number of aliphatic hydroxyl groups excluding tert-OH is 2. The minimum atomic E-state index is -0.695. The monoisotopic (exact) mass is 716 g/mol. The van der Waals surface area contributed by atoms with Gasteiger partial charge in [-0.3, -0.25) is 9.59 Å².